The molecule has 0 aliphatic carbocycles. The fourth-order valence-electron chi connectivity index (χ4n) is 5.49. The Hall–Kier alpha value is -3.74. The molecule has 1 fully saturated rings. The lowest BCUT2D eigenvalue weighted by atomic mass is 10.0. The molecule has 2 aliphatic rings. The highest BCUT2D eigenvalue weighted by atomic mass is 35.5. The minimum absolute atomic E-state index is 0.0164. The van der Waals surface area contributed by atoms with E-state index in [0.717, 1.165) is 16.1 Å². The Morgan fingerprint density at radius 1 is 1.09 bits per heavy atom. The van der Waals surface area contributed by atoms with Crippen LogP contribution >= 0.6 is 11.6 Å². The second-order valence-corrected chi connectivity index (χ2v) is 14.7. The highest BCUT2D eigenvalue weighted by Gasteiger charge is 2.40. The topological polar surface area (TPSA) is 120 Å². The summed E-state index contributed by atoms with van der Waals surface area (Å²) in [4.78, 5) is 20.6. The maximum absolute atomic E-state index is 14.1. The molecule has 1 aromatic heterocycles. The van der Waals surface area contributed by atoms with E-state index in [0.29, 0.717) is 30.9 Å². The Morgan fingerprint density at radius 2 is 1.77 bits per heavy atom. The molecular formula is C30H32ClN5O5S2. The van der Waals surface area contributed by atoms with Crippen molar-refractivity contribution >= 4 is 54.9 Å². The molecule has 43 heavy (non-hydrogen) atoms. The van der Waals surface area contributed by atoms with Crippen LogP contribution < -0.4 is 4.31 Å². The minimum atomic E-state index is -4.39. The van der Waals surface area contributed by atoms with E-state index in [9.17, 15) is 21.6 Å². The van der Waals surface area contributed by atoms with Crippen molar-refractivity contribution in [2.75, 3.05) is 30.2 Å². The zero-order valence-electron chi connectivity index (χ0n) is 24.2. The standard InChI is InChI=1S/C30H32ClN5O5S2/c1-6-27(37)34-15-16-35(20(4)18-34)30-23-17-24(31)28(22-12-8-10-14-26(22)42(5,38)39)32-29(23)36(43(40,41)33-30)25-13-9-7-11-21(25)19(2)3/h6-14,17,19-20H,1,15-16,18H2,2-5H3. The molecule has 1 saturated heterocycles. The number of halogens is 1. The highest BCUT2D eigenvalue weighted by Crippen LogP contribution is 2.43. The van der Waals surface area contributed by atoms with Crippen LogP contribution in [-0.4, -0.2) is 75.3 Å². The van der Waals surface area contributed by atoms with Crippen molar-refractivity contribution in [1.82, 2.24) is 14.8 Å². The summed E-state index contributed by atoms with van der Waals surface area (Å²) in [7, 11) is -8.07. The van der Waals surface area contributed by atoms with Gasteiger partial charge in [-0.15, -0.1) is 4.40 Å². The molecule has 3 heterocycles. The number of pyridine rings is 1. The maximum atomic E-state index is 14.1. The zero-order valence-corrected chi connectivity index (χ0v) is 26.6. The lowest BCUT2D eigenvalue weighted by Crippen LogP contribution is -2.56. The van der Waals surface area contributed by atoms with Gasteiger partial charge in [0, 0.05) is 37.5 Å². The number of rotatable bonds is 5. The summed E-state index contributed by atoms with van der Waals surface area (Å²) in [6, 6.07) is 14.7. The Labute approximate surface area is 257 Å². The van der Waals surface area contributed by atoms with Gasteiger partial charge in [0.25, 0.3) is 0 Å². The van der Waals surface area contributed by atoms with Crippen molar-refractivity contribution in [2.24, 2.45) is 4.40 Å². The number of amides is 1. The molecule has 13 heteroatoms. The summed E-state index contributed by atoms with van der Waals surface area (Å²) >= 11 is 6.83. The number of amidine groups is 1. The molecular weight excluding hydrogens is 610 g/mol. The maximum Gasteiger partial charge on any atom is 0.352 e. The van der Waals surface area contributed by atoms with Crippen LogP contribution in [0.2, 0.25) is 5.02 Å². The largest absolute Gasteiger partial charge is 0.352 e. The molecule has 0 radical (unpaired) electrons. The second kappa shape index (κ2) is 11.4. The van der Waals surface area contributed by atoms with Crippen molar-refractivity contribution in [3.63, 3.8) is 0 Å². The lowest BCUT2D eigenvalue weighted by Gasteiger charge is -2.42. The van der Waals surface area contributed by atoms with E-state index in [1.165, 1.54) is 12.1 Å². The van der Waals surface area contributed by atoms with Gasteiger partial charge in [-0.2, -0.15) is 8.42 Å². The Balaban J connectivity index is 1.77. The molecule has 3 aromatic rings. The third kappa shape index (κ3) is 5.66. The number of anilines is 2. The molecule has 1 atom stereocenters. The number of piperazine rings is 1. The number of nitrogens with zero attached hydrogens (tertiary/aromatic N) is 5. The van der Waals surface area contributed by atoms with E-state index in [4.69, 9.17) is 16.6 Å². The predicted octanol–water partition coefficient (Wildman–Crippen LogP) is 4.79. The van der Waals surface area contributed by atoms with Gasteiger partial charge in [0.15, 0.2) is 21.5 Å². The lowest BCUT2D eigenvalue weighted by molar-refractivity contribution is -0.128. The fourth-order valence-corrected chi connectivity index (χ4v) is 7.91. The number of para-hydroxylation sites is 1. The van der Waals surface area contributed by atoms with Gasteiger partial charge in [0.1, 0.15) is 0 Å². The quantitative estimate of drug-likeness (QED) is 0.367. The van der Waals surface area contributed by atoms with E-state index in [-0.39, 0.29) is 50.7 Å². The first-order valence-corrected chi connectivity index (χ1v) is 17.3. The Kier molecular flexibility index (Phi) is 8.14. The molecule has 0 N–H and O–H groups in total. The van der Waals surface area contributed by atoms with E-state index >= 15 is 0 Å². The van der Waals surface area contributed by atoms with Crippen LogP contribution in [-0.2, 0) is 24.8 Å². The summed E-state index contributed by atoms with van der Waals surface area (Å²) in [6.07, 6.45) is 2.35. The molecule has 1 amide bonds. The van der Waals surface area contributed by atoms with Crippen LogP contribution in [0, 0.1) is 0 Å². The summed E-state index contributed by atoms with van der Waals surface area (Å²) in [6.45, 7) is 10.3. The number of carbonyl (C=O) groups excluding carboxylic acids is 1. The van der Waals surface area contributed by atoms with Gasteiger partial charge in [0.05, 0.1) is 26.9 Å². The minimum Gasteiger partial charge on any atom is -0.349 e. The fraction of sp³-hybridized carbons (Fsp3) is 0.300. The van der Waals surface area contributed by atoms with Crippen molar-refractivity contribution in [3.8, 4) is 11.3 Å². The van der Waals surface area contributed by atoms with Gasteiger partial charge in [-0.05, 0) is 42.7 Å². The monoisotopic (exact) mass is 641 g/mol. The summed E-state index contributed by atoms with van der Waals surface area (Å²) in [5.74, 6) is -0.0321. The average Bonchev–Trinajstić information content (AvgIpc) is 2.95. The molecule has 2 aliphatic heterocycles. The number of sulfone groups is 1. The smallest absolute Gasteiger partial charge is 0.349 e. The molecule has 10 nitrogen and oxygen atoms in total. The van der Waals surface area contributed by atoms with Crippen molar-refractivity contribution < 1.29 is 21.6 Å². The number of hydrogen-bond acceptors (Lipinski definition) is 7. The normalized spacial score (nSPS) is 18.3. The number of carbonyl (C=O) groups is 1. The van der Waals surface area contributed by atoms with Crippen LogP contribution in [0.4, 0.5) is 11.5 Å². The molecule has 1 unspecified atom stereocenters. The SMILES string of the molecule is C=CC(=O)N1CCN(C2=NS(=O)(=O)N(c3ccccc3C(C)C)c3nc(-c4ccccc4S(C)(=O)=O)c(Cl)cc32)C(C)C1. The molecule has 5 rings (SSSR count). The number of fused-ring (bicyclic) bond motifs is 1. The van der Waals surface area contributed by atoms with Crippen LogP contribution in [0.5, 0.6) is 0 Å². The third-order valence-electron chi connectivity index (χ3n) is 7.53. The first-order chi connectivity index (χ1) is 20.2. The molecule has 2 aromatic carbocycles. The first-order valence-electron chi connectivity index (χ1n) is 13.7. The van der Waals surface area contributed by atoms with Gasteiger partial charge >= 0.3 is 10.2 Å². The van der Waals surface area contributed by atoms with Crippen LogP contribution in [0.15, 0.2) is 76.5 Å². The van der Waals surface area contributed by atoms with Crippen LogP contribution in [0.1, 0.15) is 37.8 Å². The molecule has 0 spiro atoms. The van der Waals surface area contributed by atoms with E-state index in [1.807, 2.05) is 37.8 Å². The Bertz CT molecular complexity index is 1880. The van der Waals surface area contributed by atoms with Gasteiger partial charge in [-0.25, -0.2) is 17.7 Å². The Morgan fingerprint density at radius 3 is 2.42 bits per heavy atom. The van der Waals surface area contributed by atoms with Crippen LogP contribution in [0.3, 0.4) is 0 Å². The molecule has 0 bridgehead atoms. The van der Waals surface area contributed by atoms with E-state index in [2.05, 4.69) is 11.0 Å². The number of aromatic nitrogens is 1. The number of hydrogen-bond donors (Lipinski definition) is 0. The van der Waals surface area contributed by atoms with Crippen molar-refractivity contribution in [2.45, 2.75) is 37.6 Å². The predicted molar refractivity (Wildman–Crippen MR) is 169 cm³/mol. The van der Waals surface area contributed by atoms with Gasteiger partial charge in [-0.3, -0.25) is 4.79 Å². The van der Waals surface area contributed by atoms with Crippen molar-refractivity contribution in [1.29, 1.82) is 0 Å². The van der Waals surface area contributed by atoms with Gasteiger partial charge in [-0.1, -0.05) is 68.4 Å². The van der Waals surface area contributed by atoms with E-state index < -0.39 is 20.0 Å². The summed E-state index contributed by atoms with van der Waals surface area (Å²) in [5, 5.41) is 0.132. The van der Waals surface area contributed by atoms with E-state index in [1.54, 1.807) is 41.3 Å². The van der Waals surface area contributed by atoms with Crippen molar-refractivity contribution in [3.05, 3.63) is 83.4 Å². The third-order valence-corrected chi connectivity index (χ3v) is 10.2. The summed E-state index contributed by atoms with van der Waals surface area (Å²) in [5.41, 5.74) is 1.89. The average molecular weight is 642 g/mol. The molecule has 0 saturated carbocycles. The first kappa shape index (κ1) is 30.7. The molecule has 226 valence electrons. The zero-order chi connectivity index (χ0) is 31.3. The van der Waals surface area contributed by atoms with Crippen LogP contribution in [0.25, 0.3) is 11.3 Å². The van der Waals surface area contributed by atoms with Gasteiger partial charge in [0.2, 0.25) is 5.91 Å². The number of benzene rings is 2. The summed E-state index contributed by atoms with van der Waals surface area (Å²) < 4.78 is 59.0. The van der Waals surface area contributed by atoms with Gasteiger partial charge < -0.3 is 9.80 Å². The highest BCUT2D eigenvalue weighted by molar-refractivity contribution is 7.92. The second-order valence-electron chi connectivity index (χ2n) is 10.9.